The quantitative estimate of drug-likeness (QED) is 0.344. The van der Waals surface area contributed by atoms with Crippen LogP contribution in [0.1, 0.15) is 66.3 Å². The molecule has 8 nitrogen and oxygen atoms in total. The van der Waals surface area contributed by atoms with Crippen LogP contribution >= 0.6 is 0 Å². The van der Waals surface area contributed by atoms with E-state index in [0.29, 0.717) is 35.9 Å². The van der Waals surface area contributed by atoms with Gasteiger partial charge in [0, 0.05) is 37.6 Å². The van der Waals surface area contributed by atoms with Crippen LogP contribution in [0.25, 0.3) is 11.4 Å². The first-order valence-corrected chi connectivity index (χ1v) is 12.4. The first kappa shape index (κ1) is 30.0. The Bertz CT molecular complexity index is 1250. The van der Waals surface area contributed by atoms with Crippen molar-refractivity contribution in [3.8, 4) is 11.4 Å². The Morgan fingerprint density at radius 3 is 2.18 bits per heavy atom. The molecule has 1 amide bonds. The number of benzene rings is 2. The number of rotatable bonds is 10. The molecule has 0 saturated carbocycles. The second-order valence-electron chi connectivity index (χ2n) is 9.82. The van der Waals surface area contributed by atoms with Gasteiger partial charge in [0.15, 0.2) is 5.69 Å². The molecule has 196 valence electrons. The number of carbonyl (C=O) groups excluding carboxylic acids is 2. The summed E-state index contributed by atoms with van der Waals surface area (Å²) in [4.78, 5) is 31.0. The van der Waals surface area contributed by atoms with Crippen molar-refractivity contribution in [2.24, 2.45) is 0 Å². The number of carboxylic acid groups (broad SMARTS) is 1. The minimum absolute atomic E-state index is 0. The molecule has 4 rings (SSSR count). The number of nitrogens with zero attached hydrogens (tertiary/aromatic N) is 3. The number of imidazole rings is 1. The summed E-state index contributed by atoms with van der Waals surface area (Å²) in [5.41, 5.74) is 3.83. The molecule has 38 heavy (non-hydrogen) atoms. The van der Waals surface area contributed by atoms with Gasteiger partial charge in [0.1, 0.15) is 11.6 Å². The third-order valence-corrected chi connectivity index (χ3v) is 6.62. The second-order valence-corrected chi connectivity index (χ2v) is 9.82. The van der Waals surface area contributed by atoms with Crippen molar-refractivity contribution in [2.75, 3.05) is 0 Å². The Kier molecular flexibility index (Phi) is 10.3. The largest absolute Gasteiger partial charge is 1.00 e. The summed E-state index contributed by atoms with van der Waals surface area (Å²) < 4.78 is 15.5. The zero-order valence-corrected chi connectivity index (χ0v) is 23.9. The Hall–Kier alpha value is -2.56. The van der Waals surface area contributed by atoms with Crippen LogP contribution in [0.5, 0.6) is 0 Å². The first-order valence-electron chi connectivity index (χ1n) is 12.4. The topological polar surface area (TPSA) is 119 Å². The predicted molar refractivity (Wildman–Crippen MR) is 133 cm³/mol. The minimum atomic E-state index is -1.39. The molecular formula is C28H31FN3NaO5. The van der Waals surface area contributed by atoms with E-state index < -0.39 is 30.4 Å². The molecule has 0 radical (unpaired) electrons. The molecule has 10 heteroatoms. The summed E-state index contributed by atoms with van der Waals surface area (Å²) in [5.74, 6) is -1.60. The van der Waals surface area contributed by atoms with Crippen LogP contribution in [0.15, 0.2) is 48.5 Å². The van der Waals surface area contributed by atoms with E-state index in [1.807, 2.05) is 42.7 Å². The van der Waals surface area contributed by atoms with Crippen LogP contribution in [-0.4, -0.2) is 48.7 Å². The predicted octanol–water partition coefficient (Wildman–Crippen LogP) is -0.385. The van der Waals surface area contributed by atoms with Crippen LogP contribution in [0.4, 0.5) is 4.39 Å². The Morgan fingerprint density at radius 1 is 1.03 bits per heavy atom. The number of hydrogen-bond donors (Lipinski definition) is 2. The molecule has 0 spiro atoms. The van der Waals surface area contributed by atoms with Gasteiger partial charge in [0.2, 0.25) is 0 Å². The van der Waals surface area contributed by atoms with Crippen LogP contribution in [-0.2, 0) is 24.4 Å². The standard InChI is InChI=1S/C28H32FN3O5.Na/c1-17(2)26-25(28(37)31-15-19-5-3-4-6-20(19)16-31)30-27(18-7-9-21(29)10-8-18)32(26)12-11-22(33)13-23(34)14-24(35)36;/h3-10,17,22-23,33-34H,11-16H2,1-2H3,(H,35,36);/q;+1/p-1/t22-,23-;/m1./s1. The number of fused-ring (bicyclic) bond motifs is 1. The van der Waals surface area contributed by atoms with E-state index in [1.54, 1.807) is 17.0 Å². The van der Waals surface area contributed by atoms with Gasteiger partial charge in [-0.1, -0.05) is 38.1 Å². The Balaban J connectivity index is 0.00000400. The fourth-order valence-corrected chi connectivity index (χ4v) is 4.87. The summed E-state index contributed by atoms with van der Waals surface area (Å²) in [6.07, 6.45) is -2.69. The van der Waals surface area contributed by atoms with Gasteiger partial charge in [-0.15, -0.1) is 0 Å². The molecule has 1 aliphatic rings. The van der Waals surface area contributed by atoms with Crippen molar-refractivity contribution >= 4 is 11.9 Å². The van der Waals surface area contributed by atoms with Gasteiger partial charge in [0.25, 0.3) is 5.91 Å². The molecule has 2 atom stereocenters. The number of aliphatic hydroxyl groups is 2. The van der Waals surface area contributed by atoms with Crippen molar-refractivity contribution in [3.63, 3.8) is 0 Å². The summed E-state index contributed by atoms with van der Waals surface area (Å²) in [7, 11) is 0. The van der Waals surface area contributed by atoms with Gasteiger partial charge in [0.05, 0.1) is 17.9 Å². The molecule has 0 fully saturated rings. The average Bonchev–Trinajstić information content (AvgIpc) is 3.44. The van der Waals surface area contributed by atoms with Gasteiger partial charge in [-0.3, -0.25) is 4.79 Å². The van der Waals surface area contributed by atoms with Crippen LogP contribution in [0.3, 0.4) is 0 Å². The molecule has 0 unspecified atom stereocenters. The maximum absolute atomic E-state index is 13.7. The first-order chi connectivity index (χ1) is 17.6. The van der Waals surface area contributed by atoms with Crippen molar-refractivity contribution in [3.05, 3.63) is 76.9 Å². The van der Waals surface area contributed by atoms with Crippen molar-refractivity contribution < 1.29 is 58.9 Å². The summed E-state index contributed by atoms with van der Waals surface area (Å²) in [5, 5.41) is 31.1. The van der Waals surface area contributed by atoms with Gasteiger partial charge in [-0.05, 0) is 54.2 Å². The number of carboxylic acids is 1. The molecule has 2 N–H and O–H groups in total. The fourth-order valence-electron chi connectivity index (χ4n) is 4.87. The molecule has 2 heterocycles. The van der Waals surface area contributed by atoms with Gasteiger partial charge >= 0.3 is 29.6 Å². The normalized spacial score (nSPS) is 14.2. The number of amides is 1. The molecule has 0 saturated heterocycles. The van der Waals surface area contributed by atoms with E-state index >= 15 is 0 Å². The monoisotopic (exact) mass is 531 g/mol. The average molecular weight is 532 g/mol. The zero-order chi connectivity index (χ0) is 26.7. The maximum Gasteiger partial charge on any atom is 1.00 e. The zero-order valence-electron chi connectivity index (χ0n) is 21.9. The second kappa shape index (κ2) is 13.0. The summed E-state index contributed by atoms with van der Waals surface area (Å²) in [6.45, 7) is 5.15. The van der Waals surface area contributed by atoms with Crippen molar-refractivity contribution in [2.45, 2.75) is 70.9 Å². The maximum atomic E-state index is 13.7. The SMILES string of the molecule is CC(C)c1c(C(=O)N2Cc3ccccc3C2)nc(-c2ccc(F)cc2)n1CC[C@@H](O)C[C@@H](O)CC(=O)[O-].[Na+]. The number of aliphatic carboxylic acids is 1. The van der Waals surface area contributed by atoms with E-state index in [4.69, 9.17) is 4.98 Å². The minimum Gasteiger partial charge on any atom is -0.550 e. The summed E-state index contributed by atoms with van der Waals surface area (Å²) in [6, 6.07) is 13.7. The van der Waals surface area contributed by atoms with Gasteiger partial charge < -0.3 is 29.6 Å². The summed E-state index contributed by atoms with van der Waals surface area (Å²) >= 11 is 0. The van der Waals surface area contributed by atoms with Crippen molar-refractivity contribution in [1.29, 1.82) is 0 Å². The molecule has 0 bridgehead atoms. The third kappa shape index (κ3) is 6.90. The molecular weight excluding hydrogens is 500 g/mol. The third-order valence-electron chi connectivity index (χ3n) is 6.62. The van der Waals surface area contributed by atoms with E-state index in [-0.39, 0.29) is 60.8 Å². The number of aromatic nitrogens is 2. The molecule has 1 aromatic heterocycles. The van der Waals surface area contributed by atoms with E-state index in [1.165, 1.54) is 12.1 Å². The van der Waals surface area contributed by atoms with Crippen LogP contribution in [0.2, 0.25) is 0 Å². The van der Waals surface area contributed by atoms with E-state index in [0.717, 1.165) is 11.1 Å². The smallest absolute Gasteiger partial charge is 0.550 e. The van der Waals surface area contributed by atoms with Crippen molar-refractivity contribution in [1.82, 2.24) is 14.5 Å². The van der Waals surface area contributed by atoms with Crippen LogP contribution in [0, 0.1) is 5.82 Å². The number of aliphatic hydroxyl groups excluding tert-OH is 2. The molecule has 1 aliphatic heterocycles. The van der Waals surface area contributed by atoms with Gasteiger partial charge in [-0.2, -0.15) is 0 Å². The Labute approximate surface area is 243 Å². The molecule has 3 aromatic rings. The number of halogens is 1. The van der Waals surface area contributed by atoms with Gasteiger partial charge in [-0.25, -0.2) is 9.37 Å². The van der Waals surface area contributed by atoms with E-state index in [2.05, 4.69) is 0 Å². The van der Waals surface area contributed by atoms with E-state index in [9.17, 15) is 29.3 Å². The number of hydrogen-bond acceptors (Lipinski definition) is 6. The van der Waals surface area contributed by atoms with Crippen LogP contribution < -0.4 is 34.7 Å². The molecule has 0 aliphatic carbocycles. The Morgan fingerprint density at radius 2 is 1.63 bits per heavy atom. The fraction of sp³-hybridized carbons (Fsp3) is 0.393. The molecule has 2 aromatic carbocycles. The number of carbonyl (C=O) groups is 2.